The van der Waals surface area contributed by atoms with E-state index in [0.29, 0.717) is 22.9 Å². The highest BCUT2D eigenvalue weighted by Gasteiger charge is 2.17. The third kappa shape index (κ3) is 3.26. The Bertz CT molecular complexity index is 570. The van der Waals surface area contributed by atoms with Gasteiger partial charge in [0.05, 0.1) is 0 Å². The molecule has 2 aromatic carbocycles. The van der Waals surface area contributed by atoms with Gasteiger partial charge >= 0.3 is 0 Å². The maximum absolute atomic E-state index is 13.7. The van der Waals surface area contributed by atoms with Crippen LogP contribution in [0, 0.1) is 11.6 Å². The summed E-state index contributed by atoms with van der Waals surface area (Å²) in [7, 11) is 0. The minimum absolute atomic E-state index is 0.147. The first kappa shape index (κ1) is 14.3. The second-order valence-corrected chi connectivity index (χ2v) is 5.01. The second kappa shape index (κ2) is 6.36. The van der Waals surface area contributed by atoms with Crippen LogP contribution >= 0.6 is 23.2 Å². The third-order valence-corrected chi connectivity index (χ3v) is 3.75. The summed E-state index contributed by atoms with van der Waals surface area (Å²) in [6.07, 6.45) is 0.316. The van der Waals surface area contributed by atoms with Crippen molar-refractivity contribution in [3.63, 3.8) is 0 Å². The molecule has 1 unspecified atom stereocenters. The average Bonchev–Trinajstić information content (AvgIpc) is 2.41. The van der Waals surface area contributed by atoms with Gasteiger partial charge in [-0.15, -0.1) is 11.6 Å². The van der Waals surface area contributed by atoms with Crippen LogP contribution in [0.15, 0.2) is 42.5 Å². The second-order valence-electron chi connectivity index (χ2n) is 4.29. The number of hydrogen-bond acceptors (Lipinski definition) is 0. The fourth-order valence-corrected chi connectivity index (χ4v) is 2.59. The molecule has 0 N–H and O–H groups in total. The van der Waals surface area contributed by atoms with Crippen molar-refractivity contribution in [1.29, 1.82) is 0 Å². The van der Waals surface area contributed by atoms with Crippen molar-refractivity contribution in [2.45, 2.75) is 12.3 Å². The van der Waals surface area contributed by atoms with Crippen LogP contribution in [0.3, 0.4) is 0 Å². The molecule has 100 valence electrons. The van der Waals surface area contributed by atoms with Crippen LogP contribution in [0.5, 0.6) is 0 Å². The Labute approximate surface area is 121 Å². The van der Waals surface area contributed by atoms with Crippen molar-refractivity contribution in [2.24, 2.45) is 0 Å². The molecule has 0 aliphatic heterocycles. The Morgan fingerprint density at radius 3 is 2.42 bits per heavy atom. The molecule has 2 aromatic rings. The molecule has 0 spiro atoms. The van der Waals surface area contributed by atoms with E-state index in [1.165, 1.54) is 6.07 Å². The van der Waals surface area contributed by atoms with Crippen molar-refractivity contribution in [1.82, 2.24) is 0 Å². The quantitative estimate of drug-likeness (QED) is 0.682. The molecule has 0 aromatic heterocycles. The number of alkyl halides is 1. The van der Waals surface area contributed by atoms with Crippen molar-refractivity contribution in [3.05, 3.63) is 70.2 Å². The van der Waals surface area contributed by atoms with Gasteiger partial charge in [0.1, 0.15) is 0 Å². The molecule has 0 radical (unpaired) electrons. The predicted octanol–water partition coefficient (Wildman–Crippen LogP) is 5.18. The summed E-state index contributed by atoms with van der Waals surface area (Å²) in [4.78, 5) is 0. The summed E-state index contributed by atoms with van der Waals surface area (Å²) in [5, 5.41) is 0.588. The molecule has 2 rings (SSSR count). The fraction of sp³-hybridized carbons (Fsp3) is 0.200. The van der Waals surface area contributed by atoms with Gasteiger partial charge in [0.15, 0.2) is 11.6 Å². The summed E-state index contributed by atoms with van der Waals surface area (Å²) in [5.41, 5.74) is 1.16. The zero-order valence-electron chi connectivity index (χ0n) is 10.0. The smallest absolute Gasteiger partial charge is 0.162 e. The van der Waals surface area contributed by atoms with E-state index in [4.69, 9.17) is 23.2 Å². The van der Waals surface area contributed by atoms with Gasteiger partial charge in [-0.05, 0) is 29.7 Å². The zero-order chi connectivity index (χ0) is 13.8. The van der Waals surface area contributed by atoms with E-state index in [1.807, 2.05) is 18.2 Å². The van der Waals surface area contributed by atoms with E-state index < -0.39 is 11.6 Å². The number of rotatable bonds is 4. The molecule has 0 aliphatic rings. The molecule has 0 aliphatic carbocycles. The lowest BCUT2D eigenvalue weighted by molar-refractivity contribution is 0.495. The first-order chi connectivity index (χ1) is 9.13. The third-order valence-electron chi connectivity index (χ3n) is 3.03. The predicted molar refractivity (Wildman–Crippen MR) is 75.0 cm³/mol. The zero-order valence-corrected chi connectivity index (χ0v) is 11.6. The van der Waals surface area contributed by atoms with Crippen LogP contribution in [0.25, 0.3) is 0 Å². The lowest BCUT2D eigenvalue weighted by atomic mass is 9.93. The lowest BCUT2D eigenvalue weighted by Crippen LogP contribution is -2.07. The van der Waals surface area contributed by atoms with E-state index in [9.17, 15) is 8.78 Å². The molecule has 0 amide bonds. The van der Waals surface area contributed by atoms with Crippen molar-refractivity contribution >= 4 is 23.2 Å². The van der Waals surface area contributed by atoms with E-state index in [0.717, 1.165) is 11.6 Å². The van der Waals surface area contributed by atoms with Gasteiger partial charge in [0.2, 0.25) is 0 Å². The Hall–Kier alpha value is -1.12. The SMILES string of the molecule is Fc1cccc(CC(CCl)c2ccccc2Cl)c1F. The summed E-state index contributed by atoms with van der Waals surface area (Å²) >= 11 is 12.0. The Morgan fingerprint density at radius 2 is 1.74 bits per heavy atom. The largest absolute Gasteiger partial charge is 0.204 e. The molecular formula is C15H12Cl2F2. The van der Waals surface area contributed by atoms with Crippen LogP contribution in [-0.4, -0.2) is 5.88 Å². The maximum atomic E-state index is 13.7. The van der Waals surface area contributed by atoms with Gasteiger partial charge in [-0.2, -0.15) is 0 Å². The molecule has 19 heavy (non-hydrogen) atoms. The van der Waals surface area contributed by atoms with E-state index in [1.54, 1.807) is 12.1 Å². The normalized spacial score (nSPS) is 12.4. The van der Waals surface area contributed by atoms with Crippen LogP contribution in [0.1, 0.15) is 17.0 Å². The Morgan fingerprint density at radius 1 is 1.00 bits per heavy atom. The summed E-state index contributed by atoms with van der Waals surface area (Å²) in [6.45, 7) is 0. The Balaban J connectivity index is 2.30. The van der Waals surface area contributed by atoms with Gasteiger partial charge in [-0.1, -0.05) is 41.9 Å². The van der Waals surface area contributed by atoms with Gasteiger partial charge in [0.25, 0.3) is 0 Å². The van der Waals surface area contributed by atoms with Gasteiger partial charge in [-0.3, -0.25) is 0 Å². The number of benzene rings is 2. The molecule has 0 bridgehead atoms. The highest BCUT2D eigenvalue weighted by molar-refractivity contribution is 6.31. The molecule has 0 saturated carbocycles. The minimum atomic E-state index is -0.843. The summed E-state index contributed by atoms with van der Waals surface area (Å²) < 4.78 is 26.8. The molecule has 0 heterocycles. The molecule has 1 atom stereocenters. The molecule has 4 heteroatoms. The Kier molecular flexibility index (Phi) is 4.78. The van der Waals surface area contributed by atoms with E-state index >= 15 is 0 Å². The van der Waals surface area contributed by atoms with Crippen molar-refractivity contribution < 1.29 is 8.78 Å². The topological polar surface area (TPSA) is 0 Å². The fourth-order valence-electron chi connectivity index (χ4n) is 2.03. The molecule has 0 fully saturated rings. The summed E-state index contributed by atoms with van der Waals surface area (Å²) in [6, 6.07) is 11.4. The maximum Gasteiger partial charge on any atom is 0.162 e. The van der Waals surface area contributed by atoms with Crippen LogP contribution in [0.2, 0.25) is 5.02 Å². The van der Waals surface area contributed by atoms with Crippen LogP contribution in [-0.2, 0) is 6.42 Å². The molecule has 0 saturated heterocycles. The van der Waals surface area contributed by atoms with Gasteiger partial charge in [0, 0.05) is 16.8 Å². The lowest BCUT2D eigenvalue weighted by Gasteiger charge is -2.16. The summed E-state index contributed by atoms with van der Waals surface area (Å²) in [5.74, 6) is -1.51. The molecule has 0 nitrogen and oxygen atoms in total. The molecular weight excluding hydrogens is 289 g/mol. The monoisotopic (exact) mass is 300 g/mol. The minimum Gasteiger partial charge on any atom is -0.204 e. The average molecular weight is 301 g/mol. The first-order valence-electron chi connectivity index (χ1n) is 5.86. The standard InChI is InChI=1S/C15H12Cl2F2/c16-9-11(12-5-1-2-6-13(12)17)8-10-4-3-7-14(18)15(10)19/h1-7,11H,8-9H2. The number of halogens is 4. The van der Waals surface area contributed by atoms with Gasteiger partial charge < -0.3 is 0 Å². The van der Waals surface area contributed by atoms with E-state index in [2.05, 4.69) is 0 Å². The van der Waals surface area contributed by atoms with Crippen molar-refractivity contribution in [3.8, 4) is 0 Å². The van der Waals surface area contributed by atoms with Crippen LogP contribution in [0.4, 0.5) is 8.78 Å². The van der Waals surface area contributed by atoms with Crippen LogP contribution < -0.4 is 0 Å². The highest BCUT2D eigenvalue weighted by Crippen LogP contribution is 2.29. The first-order valence-corrected chi connectivity index (χ1v) is 6.78. The highest BCUT2D eigenvalue weighted by atomic mass is 35.5. The van der Waals surface area contributed by atoms with Crippen molar-refractivity contribution in [2.75, 3.05) is 5.88 Å². The van der Waals surface area contributed by atoms with Gasteiger partial charge in [-0.25, -0.2) is 8.78 Å². The number of hydrogen-bond donors (Lipinski definition) is 0. The van der Waals surface area contributed by atoms with E-state index in [-0.39, 0.29) is 5.92 Å².